The van der Waals surface area contributed by atoms with Gasteiger partial charge in [-0.3, -0.25) is 9.78 Å². The fourth-order valence-electron chi connectivity index (χ4n) is 3.33. The van der Waals surface area contributed by atoms with Crippen LogP contribution >= 0.6 is 0 Å². The number of hydrogen-bond donors (Lipinski definition) is 1. The Balaban J connectivity index is 1.79. The summed E-state index contributed by atoms with van der Waals surface area (Å²) in [7, 11) is 1.36. The number of anilines is 1. The number of nitrogens with zero attached hydrogens (tertiary/aromatic N) is 4. The number of halogens is 6. The Morgan fingerprint density at radius 3 is 2.38 bits per heavy atom. The van der Waals surface area contributed by atoms with Gasteiger partial charge in [0.25, 0.3) is 5.91 Å². The maximum atomic E-state index is 14.0. The number of benzene rings is 1. The zero-order chi connectivity index (χ0) is 24.7. The molecular weight excluding hydrogens is 468 g/mol. The molecule has 3 aromatic heterocycles. The highest BCUT2D eigenvalue weighted by molar-refractivity contribution is 6.04. The zero-order valence-electron chi connectivity index (χ0n) is 17.1. The Morgan fingerprint density at radius 1 is 0.971 bits per heavy atom. The van der Waals surface area contributed by atoms with Gasteiger partial charge < -0.3 is 10.1 Å². The maximum Gasteiger partial charge on any atom is 0.435 e. The van der Waals surface area contributed by atoms with Crippen LogP contribution in [0, 0.1) is 0 Å². The monoisotopic (exact) mass is 481 g/mol. The van der Waals surface area contributed by atoms with E-state index in [1.54, 1.807) is 6.07 Å². The molecule has 3 heterocycles. The number of nitrogens with one attached hydrogen (secondary N) is 1. The normalized spacial score (nSPS) is 12.1. The van der Waals surface area contributed by atoms with Crippen LogP contribution in [0.1, 0.15) is 21.7 Å². The number of aromatic nitrogens is 4. The molecule has 0 bridgehead atoms. The number of fused-ring (bicyclic) bond motifs is 1. The highest BCUT2D eigenvalue weighted by atomic mass is 19.4. The van der Waals surface area contributed by atoms with E-state index in [-0.39, 0.29) is 11.6 Å². The standard InChI is InChI=1S/C21H13F6N5O2/c1-34-19-13-3-2-4-15(12(13)6-8-29-19)32-17(21(25,26)27)14(10-30-32)31-18(33)11-5-7-28-16(9-11)20(22,23)24/h2-10H,1H3,(H,31,33). The van der Waals surface area contributed by atoms with Crippen LogP contribution < -0.4 is 10.1 Å². The number of alkyl halides is 6. The van der Waals surface area contributed by atoms with Crippen LogP contribution in [0.4, 0.5) is 32.0 Å². The molecule has 13 heteroatoms. The van der Waals surface area contributed by atoms with Crippen molar-refractivity contribution in [3.8, 4) is 11.6 Å². The van der Waals surface area contributed by atoms with E-state index in [1.807, 2.05) is 5.32 Å². The maximum absolute atomic E-state index is 14.0. The van der Waals surface area contributed by atoms with Crippen LogP contribution in [0.3, 0.4) is 0 Å². The first-order valence-corrected chi connectivity index (χ1v) is 9.42. The third-order valence-corrected chi connectivity index (χ3v) is 4.77. The molecule has 7 nitrogen and oxygen atoms in total. The second-order valence-corrected chi connectivity index (χ2v) is 6.89. The first-order chi connectivity index (χ1) is 16.0. The molecule has 4 aromatic rings. The fraction of sp³-hybridized carbons (Fsp3) is 0.143. The van der Waals surface area contributed by atoms with Crippen LogP contribution in [0.15, 0.2) is 55.0 Å². The van der Waals surface area contributed by atoms with E-state index in [9.17, 15) is 31.1 Å². The fourth-order valence-corrected chi connectivity index (χ4v) is 3.33. The summed E-state index contributed by atoms with van der Waals surface area (Å²) in [6.45, 7) is 0. The minimum atomic E-state index is -4.98. The molecule has 0 aliphatic rings. The number of carbonyl (C=O) groups is 1. The summed E-state index contributed by atoms with van der Waals surface area (Å²) in [5.41, 5.74) is -3.92. The van der Waals surface area contributed by atoms with E-state index in [2.05, 4.69) is 15.1 Å². The first kappa shape index (κ1) is 23.0. The molecule has 0 aliphatic carbocycles. The molecular formula is C21H13F6N5O2. The minimum Gasteiger partial charge on any atom is -0.481 e. The largest absolute Gasteiger partial charge is 0.481 e. The third-order valence-electron chi connectivity index (χ3n) is 4.77. The summed E-state index contributed by atoms with van der Waals surface area (Å²) in [5.74, 6) is -1.01. The van der Waals surface area contributed by atoms with Gasteiger partial charge in [-0.25, -0.2) is 9.67 Å². The second-order valence-electron chi connectivity index (χ2n) is 6.89. The Labute approximate surface area is 187 Å². The highest BCUT2D eigenvalue weighted by Crippen LogP contribution is 2.38. The first-order valence-electron chi connectivity index (χ1n) is 9.42. The van der Waals surface area contributed by atoms with E-state index in [4.69, 9.17) is 4.74 Å². The predicted octanol–water partition coefficient (Wildman–Crippen LogP) is 5.11. The van der Waals surface area contributed by atoms with Crippen molar-refractivity contribution in [3.63, 3.8) is 0 Å². The number of hydrogen-bond acceptors (Lipinski definition) is 5. The molecule has 0 atom stereocenters. The van der Waals surface area contributed by atoms with Gasteiger partial charge in [0.1, 0.15) is 5.69 Å². The van der Waals surface area contributed by atoms with Crippen LogP contribution in [0.25, 0.3) is 16.5 Å². The molecule has 0 saturated heterocycles. The highest BCUT2D eigenvalue weighted by Gasteiger charge is 2.40. The molecule has 1 aromatic carbocycles. The van der Waals surface area contributed by atoms with E-state index in [0.717, 1.165) is 18.5 Å². The molecule has 1 N–H and O–H groups in total. The van der Waals surface area contributed by atoms with Gasteiger partial charge >= 0.3 is 12.4 Å². The van der Waals surface area contributed by atoms with Crippen molar-refractivity contribution in [2.45, 2.75) is 12.4 Å². The molecule has 0 aliphatic heterocycles. The van der Waals surface area contributed by atoms with Gasteiger partial charge in [0.15, 0.2) is 5.69 Å². The summed E-state index contributed by atoms with van der Waals surface area (Å²) in [6.07, 6.45) is -6.95. The van der Waals surface area contributed by atoms with E-state index in [0.29, 0.717) is 21.5 Å². The predicted molar refractivity (Wildman–Crippen MR) is 108 cm³/mol. The van der Waals surface area contributed by atoms with E-state index < -0.39 is 40.9 Å². The van der Waals surface area contributed by atoms with Crippen LogP contribution in [0.2, 0.25) is 0 Å². The Kier molecular flexibility index (Phi) is 5.63. The SMILES string of the molecule is COc1nccc2c(-n3ncc(NC(=O)c4ccnc(C(F)(F)F)c4)c3C(F)(F)F)cccc12. The average Bonchev–Trinajstić information content (AvgIpc) is 3.21. The van der Waals surface area contributed by atoms with Crippen LogP contribution in [-0.2, 0) is 12.4 Å². The molecule has 0 fully saturated rings. The van der Waals surface area contributed by atoms with Gasteiger partial charge in [0, 0.05) is 28.7 Å². The van der Waals surface area contributed by atoms with Crippen molar-refractivity contribution < 1.29 is 35.9 Å². The van der Waals surface area contributed by atoms with Gasteiger partial charge in [-0.2, -0.15) is 31.4 Å². The van der Waals surface area contributed by atoms with Crippen molar-refractivity contribution in [3.05, 3.63) is 71.9 Å². The molecule has 0 unspecified atom stereocenters. The summed E-state index contributed by atoms with van der Waals surface area (Å²) < 4.78 is 86.5. The summed E-state index contributed by atoms with van der Waals surface area (Å²) in [4.78, 5) is 19.6. The van der Waals surface area contributed by atoms with Gasteiger partial charge in [0.2, 0.25) is 5.88 Å². The topological polar surface area (TPSA) is 81.9 Å². The molecule has 0 spiro atoms. The van der Waals surface area contributed by atoms with Crippen molar-refractivity contribution in [1.82, 2.24) is 19.7 Å². The van der Waals surface area contributed by atoms with Gasteiger partial charge in [-0.05, 0) is 30.3 Å². The molecule has 34 heavy (non-hydrogen) atoms. The van der Waals surface area contributed by atoms with Crippen LogP contribution in [-0.4, -0.2) is 32.8 Å². The van der Waals surface area contributed by atoms with E-state index >= 15 is 0 Å². The van der Waals surface area contributed by atoms with Crippen LogP contribution in [0.5, 0.6) is 5.88 Å². The Hall–Kier alpha value is -4.16. The van der Waals surface area contributed by atoms with Gasteiger partial charge in [0.05, 0.1) is 24.7 Å². The number of amides is 1. The quantitative estimate of drug-likeness (QED) is 0.410. The molecule has 0 saturated carbocycles. The molecule has 0 radical (unpaired) electrons. The third kappa shape index (κ3) is 4.23. The number of carbonyl (C=O) groups excluding carboxylic acids is 1. The summed E-state index contributed by atoms with van der Waals surface area (Å²) in [6, 6.07) is 7.34. The Bertz CT molecular complexity index is 1380. The summed E-state index contributed by atoms with van der Waals surface area (Å²) in [5, 5.41) is 6.55. The lowest BCUT2D eigenvalue weighted by atomic mass is 10.1. The number of ether oxygens (including phenoxy) is 1. The van der Waals surface area contributed by atoms with Crippen molar-refractivity contribution in [2.75, 3.05) is 12.4 Å². The van der Waals surface area contributed by atoms with E-state index in [1.165, 1.54) is 31.5 Å². The lowest BCUT2D eigenvalue weighted by Gasteiger charge is -2.15. The van der Waals surface area contributed by atoms with Gasteiger partial charge in [-0.15, -0.1) is 0 Å². The second kappa shape index (κ2) is 8.32. The smallest absolute Gasteiger partial charge is 0.435 e. The van der Waals surface area contributed by atoms with Crippen molar-refractivity contribution >= 4 is 22.4 Å². The minimum absolute atomic E-state index is 0.0225. The lowest BCUT2D eigenvalue weighted by molar-refractivity contribution is -0.142. The molecule has 176 valence electrons. The number of rotatable bonds is 4. The van der Waals surface area contributed by atoms with Gasteiger partial charge in [-0.1, -0.05) is 6.07 Å². The Morgan fingerprint density at radius 2 is 1.71 bits per heavy atom. The van der Waals surface area contributed by atoms with Crippen molar-refractivity contribution in [2.24, 2.45) is 0 Å². The number of pyridine rings is 2. The molecule has 4 rings (SSSR count). The van der Waals surface area contributed by atoms with Crippen molar-refractivity contribution in [1.29, 1.82) is 0 Å². The zero-order valence-corrected chi connectivity index (χ0v) is 17.1. The summed E-state index contributed by atoms with van der Waals surface area (Å²) >= 11 is 0. The number of methoxy groups -OCH3 is 1. The lowest BCUT2D eigenvalue weighted by Crippen LogP contribution is -2.19. The molecule has 1 amide bonds. The average molecular weight is 481 g/mol.